The highest BCUT2D eigenvalue weighted by Crippen LogP contribution is 2.34. The molecule has 0 N–H and O–H groups in total. The largest absolute Gasteiger partial charge is 0.412 e. The molecular weight excluding hydrogens is 256 g/mol. The van der Waals surface area contributed by atoms with Crippen LogP contribution in [0, 0.1) is 0 Å². The van der Waals surface area contributed by atoms with Gasteiger partial charge in [0.25, 0.3) is 0 Å². The second kappa shape index (κ2) is 6.68. The molecular formula is C14H34O2Si2. The molecule has 0 fully saturated rings. The van der Waals surface area contributed by atoms with E-state index >= 15 is 0 Å². The monoisotopic (exact) mass is 290 g/mol. The first-order valence-electron chi connectivity index (χ1n) is 7.37. The van der Waals surface area contributed by atoms with Crippen LogP contribution < -0.4 is 0 Å². The fraction of sp³-hybridized carbons (Fsp3) is 1.00. The summed E-state index contributed by atoms with van der Waals surface area (Å²) in [7, 11) is -3.08. The van der Waals surface area contributed by atoms with E-state index in [9.17, 15) is 0 Å². The normalized spacial score (nSPS) is 15.8. The number of hydrogen-bond donors (Lipinski definition) is 0. The zero-order chi connectivity index (χ0) is 14.6. The Bertz CT molecular complexity index is 237. The quantitative estimate of drug-likeness (QED) is 0.584. The van der Waals surface area contributed by atoms with Crippen LogP contribution in [-0.4, -0.2) is 28.3 Å². The molecule has 0 aliphatic carbocycles. The summed E-state index contributed by atoms with van der Waals surface area (Å²) >= 11 is 0. The van der Waals surface area contributed by atoms with Gasteiger partial charge in [-0.2, -0.15) is 0 Å². The average molecular weight is 291 g/mol. The minimum atomic E-state index is -1.55. The van der Waals surface area contributed by atoms with Crippen molar-refractivity contribution in [2.45, 2.75) is 91.0 Å². The SMILES string of the molecule is CC[C@@H](O[Si](C)(C)C)C(CC)(CC)O[Si](C)(C)C. The van der Waals surface area contributed by atoms with Crippen molar-refractivity contribution in [3.8, 4) is 0 Å². The smallest absolute Gasteiger partial charge is 0.184 e. The van der Waals surface area contributed by atoms with Crippen LogP contribution in [0.5, 0.6) is 0 Å². The lowest BCUT2D eigenvalue weighted by atomic mass is 9.89. The lowest BCUT2D eigenvalue weighted by molar-refractivity contribution is -0.0577. The van der Waals surface area contributed by atoms with Crippen LogP contribution in [0.1, 0.15) is 40.0 Å². The van der Waals surface area contributed by atoms with E-state index in [0.717, 1.165) is 19.3 Å². The van der Waals surface area contributed by atoms with Gasteiger partial charge in [0.15, 0.2) is 16.6 Å². The Morgan fingerprint density at radius 2 is 1.28 bits per heavy atom. The summed E-state index contributed by atoms with van der Waals surface area (Å²) in [6.45, 7) is 20.3. The van der Waals surface area contributed by atoms with Gasteiger partial charge in [-0.15, -0.1) is 0 Å². The minimum Gasteiger partial charge on any atom is -0.412 e. The fourth-order valence-electron chi connectivity index (χ4n) is 2.51. The van der Waals surface area contributed by atoms with Gasteiger partial charge in [0, 0.05) is 0 Å². The third-order valence-electron chi connectivity index (χ3n) is 3.16. The summed E-state index contributed by atoms with van der Waals surface area (Å²) < 4.78 is 13.0. The van der Waals surface area contributed by atoms with Crippen molar-refractivity contribution in [1.82, 2.24) is 0 Å². The molecule has 2 nitrogen and oxygen atoms in total. The minimum absolute atomic E-state index is 0.0838. The molecule has 0 spiro atoms. The van der Waals surface area contributed by atoms with Gasteiger partial charge in [-0.05, 0) is 58.5 Å². The second-order valence-corrected chi connectivity index (χ2v) is 16.0. The highest BCUT2D eigenvalue weighted by atomic mass is 28.4. The molecule has 4 heteroatoms. The van der Waals surface area contributed by atoms with Crippen LogP contribution in [0.4, 0.5) is 0 Å². The Balaban J connectivity index is 5.15. The molecule has 0 aliphatic rings. The molecule has 0 saturated carbocycles. The van der Waals surface area contributed by atoms with Gasteiger partial charge in [0.05, 0.1) is 11.7 Å². The molecule has 0 aromatic carbocycles. The van der Waals surface area contributed by atoms with Crippen LogP contribution in [0.25, 0.3) is 0 Å². The Morgan fingerprint density at radius 1 is 0.833 bits per heavy atom. The molecule has 0 rings (SSSR count). The third kappa shape index (κ3) is 6.00. The zero-order valence-corrected chi connectivity index (χ0v) is 16.0. The summed E-state index contributed by atoms with van der Waals surface area (Å²) in [4.78, 5) is 0. The Morgan fingerprint density at radius 3 is 1.50 bits per heavy atom. The van der Waals surface area contributed by atoms with E-state index in [1.54, 1.807) is 0 Å². The van der Waals surface area contributed by atoms with Gasteiger partial charge in [-0.25, -0.2) is 0 Å². The molecule has 0 aromatic rings. The molecule has 110 valence electrons. The van der Waals surface area contributed by atoms with Crippen molar-refractivity contribution in [3.63, 3.8) is 0 Å². The molecule has 18 heavy (non-hydrogen) atoms. The van der Waals surface area contributed by atoms with Gasteiger partial charge < -0.3 is 8.85 Å². The van der Waals surface area contributed by atoms with Gasteiger partial charge in [0.2, 0.25) is 0 Å². The van der Waals surface area contributed by atoms with Gasteiger partial charge in [0.1, 0.15) is 0 Å². The Kier molecular flexibility index (Phi) is 6.81. The Hall–Kier alpha value is 0.354. The molecule has 0 radical (unpaired) electrons. The van der Waals surface area contributed by atoms with Gasteiger partial charge >= 0.3 is 0 Å². The van der Waals surface area contributed by atoms with Crippen LogP contribution >= 0.6 is 0 Å². The molecule has 0 aromatic heterocycles. The zero-order valence-electron chi connectivity index (χ0n) is 14.0. The van der Waals surface area contributed by atoms with Crippen LogP contribution in [0.2, 0.25) is 39.3 Å². The molecule has 0 heterocycles. The predicted molar refractivity (Wildman–Crippen MR) is 86.3 cm³/mol. The first-order chi connectivity index (χ1) is 7.99. The highest BCUT2D eigenvalue weighted by molar-refractivity contribution is 6.70. The molecule has 0 amide bonds. The van der Waals surface area contributed by atoms with E-state index in [0.29, 0.717) is 0 Å². The first-order valence-corrected chi connectivity index (χ1v) is 14.2. The summed E-state index contributed by atoms with van der Waals surface area (Å²) in [5.74, 6) is 0. The summed E-state index contributed by atoms with van der Waals surface area (Å²) in [5, 5.41) is 0. The van der Waals surface area contributed by atoms with Crippen molar-refractivity contribution < 1.29 is 8.85 Å². The Labute approximate surface area is 117 Å². The molecule has 0 unspecified atom stereocenters. The van der Waals surface area contributed by atoms with Gasteiger partial charge in [-0.1, -0.05) is 20.8 Å². The van der Waals surface area contributed by atoms with E-state index in [4.69, 9.17) is 8.85 Å². The molecule has 0 aliphatic heterocycles. The van der Waals surface area contributed by atoms with Crippen LogP contribution in [0.15, 0.2) is 0 Å². The fourth-order valence-corrected chi connectivity index (χ4v) is 5.39. The van der Waals surface area contributed by atoms with E-state index in [1.807, 2.05) is 0 Å². The van der Waals surface area contributed by atoms with Crippen molar-refractivity contribution in [2.24, 2.45) is 0 Å². The summed E-state index contributed by atoms with van der Waals surface area (Å²) in [5.41, 5.74) is -0.0838. The van der Waals surface area contributed by atoms with Gasteiger partial charge in [-0.3, -0.25) is 0 Å². The summed E-state index contributed by atoms with van der Waals surface area (Å²) in [6, 6.07) is 0. The predicted octanol–water partition coefficient (Wildman–Crippen LogP) is 5.03. The topological polar surface area (TPSA) is 18.5 Å². The number of hydrogen-bond acceptors (Lipinski definition) is 2. The maximum Gasteiger partial charge on any atom is 0.184 e. The van der Waals surface area contributed by atoms with Crippen molar-refractivity contribution >= 4 is 16.6 Å². The lowest BCUT2D eigenvalue weighted by Crippen LogP contribution is -2.53. The van der Waals surface area contributed by atoms with E-state index in [-0.39, 0.29) is 11.7 Å². The van der Waals surface area contributed by atoms with Crippen molar-refractivity contribution in [2.75, 3.05) is 0 Å². The van der Waals surface area contributed by atoms with Crippen molar-refractivity contribution in [3.05, 3.63) is 0 Å². The maximum absolute atomic E-state index is 6.56. The highest BCUT2D eigenvalue weighted by Gasteiger charge is 2.41. The lowest BCUT2D eigenvalue weighted by Gasteiger charge is -2.45. The summed E-state index contributed by atoms with van der Waals surface area (Å²) in [6.07, 6.45) is 3.36. The van der Waals surface area contributed by atoms with Crippen LogP contribution in [-0.2, 0) is 8.85 Å². The maximum atomic E-state index is 6.56. The molecule has 0 bridgehead atoms. The van der Waals surface area contributed by atoms with E-state index in [2.05, 4.69) is 60.1 Å². The average Bonchev–Trinajstić information content (AvgIpc) is 2.20. The second-order valence-electron chi connectivity index (χ2n) is 7.11. The number of rotatable bonds is 8. The standard InChI is InChI=1S/C14H34O2Si2/c1-10-13(15-17(4,5)6)14(11-2,12-3)16-18(7,8)9/h13H,10-12H2,1-9H3/t13-/m1/s1. The van der Waals surface area contributed by atoms with Crippen molar-refractivity contribution in [1.29, 1.82) is 0 Å². The van der Waals surface area contributed by atoms with Crippen LogP contribution in [0.3, 0.4) is 0 Å². The van der Waals surface area contributed by atoms with E-state index in [1.165, 1.54) is 0 Å². The van der Waals surface area contributed by atoms with E-state index < -0.39 is 16.6 Å². The third-order valence-corrected chi connectivity index (χ3v) is 5.17. The first kappa shape index (κ1) is 18.4. The molecule has 0 saturated heterocycles. The molecule has 1 atom stereocenters.